The monoisotopic (exact) mass is 301 g/mol. The second-order valence-corrected chi connectivity index (χ2v) is 6.02. The Bertz CT molecular complexity index is 585. The molecule has 0 aliphatic carbocycles. The van der Waals surface area contributed by atoms with E-state index in [4.69, 9.17) is 18.0 Å². The molecule has 1 amide bonds. The molecular formula is C11H15N3O3S2. The topological polar surface area (TPSA) is 101 Å². The molecule has 0 fully saturated rings. The van der Waals surface area contributed by atoms with Crippen molar-refractivity contribution in [2.75, 3.05) is 13.6 Å². The minimum absolute atomic E-state index is 0.136. The molecule has 1 aromatic carbocycles. The van der Waals surface area contributed by atoms with Gasteiger partial charge in [-0.3, -0.25) is 4.79 Å². The first-order valence-electron chi connectivity index (χ1n) is 5.41. The van der Waals surface area contributed by atoms with Crippen molar-refractivity contribution in [3.63, 3.8) is 0 Å². The lowest BCUT2D eigenvalue weighted by Crippen LogP contribution is -2.36. The van der Waals surface area contributed by atoms with Crippen molar-refractivity contribution in [1.29, 1.82) is 0 Å². The third-order valence-corrected chi connectivity index (χ3v) is 3.85. The Morgan fingerprint density at radius 3 is 2.58 bits per heavy atom. The summed E-state index contributed by atoms with van der Waals surface area (Å²) in [6, 6.07) is 6.72. The van der Waals surface area contributed by atoms with E-state index in [2.05, 4.69) is 10.0 Å². The molecule has 1 aromatic rings. The summed E-state index contributed by atoms with van der Waals surface area (Å²) in [5.41, 5.74) is 6.55. The highest BCUT2D eigenvalue weighted by molar-refractivity contribution is 7.88. The molecule has 0 bridgehead atoms. The van der Waals surface area contributed by atoms with E-state index >= 15 is 0 Å². The van der Waals surface area contributed by atoms with Crippen LogP contribution in [0, 0.1) is 0 Å². The van der Waals surface area contributed by atoms with Crippen LogP contribution in [0.15, 0.2) is 24.3 Å². The first kappa shape index (κ1) is 15.5. The van der Waals surface area contributed by atoms with Crippen LogP contribution in [0.5, 0.6) is 0 Å². The SMILES string of the molecule is CNC(=O)CNS(=O)(=O)Cc1ccccc1C(N)=S. The Labute approximate surface area is 117 Å². The number of benzene rings is 1. The maximum atomic E-state index is 11.8. The van der Waals surface area contributed by atoms with Gasteiger partial charge in [-0.15, -0.1) is 0 Å². The van der Waals surface area contributed by atoms with Crippen molar-refractivity contribution in [1.82, 2.24) is 10.0 Å². The second-order valence-electron chi connectivity index (χ2n) is 3.77. The fourth-order valence-electron chi connectivity index (χ4n) is 1.41. The lowest BCUT2D eigenvalue weighted by molar-refractivity contribution is -0.119. The molecule has 0 spiro atoms. The molecule has 4 N–H and O–H groups in total. The molecule has 0 radical (unpaired) electrons. The van der Waals surface area contributed by atoms with Crippen LogP contribution in [0.4, 0.5) is 0 Å². The van der Waals surface area contributed by atoms with Gasteiger partial charge in [0.15, 0.2) is 0 Å². The van der Waals surface area contributed by atoms with Crippen LogP contribution in [0.2, 0.25) is 0 Å². The number of sulfonamides is 1. The molecule has 0 saturated carbocycles. The van der Waals surface area contributed by atoms with Crippen LogP contribution in [0.1, 0.15) is 11.1 Å². The number of carbonyl (C=O) groups is 1. The highest BCUT2D eigenvalue weighted by atomic mass is 32.2. The van der Waals surface area contributed by atoms with Gasteiger partial charge in [-0.05, 0) is 5.56 Å². The third kappa shape index (κ3) is 4.93. The van der Waals surface area contributed by atoms with Crippen molar-refractivity contribution >= 4 is 33.1 Å². The maximum absolute atomic E-state index is 11.8. The average molecular weight is 301 g/mol. The lowest BCUT2D eigenvalue weighted by Gasteiger charge is -2.09. The molecule has 0 aliphatic heterocycles. The van der Waals surface area contributed by atoms with Gasteiger partial charge in [0.25, 0.3) is 0 Å². The van der Waals surface area contributed by atoms with Gasteiger partial charge in [-0.25, -0.2) is 13.1 Å². The zero-order chi connectivity index (χ0) is 14.5. The van der Waals surface area contributed by atoms with Gasteiger partial charge in [0.2, 0.25) is 15.9 Å². The molecule has 0 unspecified atom stereocenters. The summed E-state index contributed by atoms with van der Waals surface area (Å²) < 4.78 is 25.8. The number of nitrogens with two attached hydrogens (primary N) is 1. The summed E-state index contributed by atoms with van der Waals surface area (Å²) in [6.07, 6.45) is 0. The van der Waals surface area contributed by atoms with E-state index in [1.54, 1.807) is 24.3 Å². The van der Waals surface area contributed by atoms with Crippen LogP contribution >= 0.6 is 12.2 Å². The Morgan fingerprint density at radius 1 is 1.37 bits per heavy atom. The molecule has 6 nitrogen and oxygen atoms in total. The molecular weight excluding hydrogens is 286 g/mol. The van der Waals surface area contributed by atoms with Crippen LogP contribution < -0.4 is 15.8 Å². The van der Waals surface area contributed by atoms with Crippen molar-refractivity contribution in [2.45, 2.75) is 5.75 Å². The van der Waals surface area contributed by atoms with Crippen molar-refractivity contribution < 1.29 is 13.2 Å². The number of likely N-dealkylation sites (N-methyl/N-ethyl adjacent to an activating group) is 1. The summed E-state index contributed by atoms with van der Waals surface area (Å²) in [7, 11) is -2.19. The molecule has 0 aliphatic rings. The van der Waals surface area contributed by atoms with E-state index in [-0.39, 0.29) is 17.3 Å². The van der Waals surface area contributed by atoms with Gasteiger partial charge in [0.1, 0.15) is 4.99 Å². The predicted octanol–water partition coefficient (Wildman–Crippen LogP) is -0.514. The molecule has 0 aromatic heterocycles. The van der Waals surface area contributed by atoms with Gasteiger partial charge < -0.3 is 11.1 Å². The van der Waals surface area contributed by atoms with Gasteiger partial charge in [0, 0.05) is 12.6 Å². The Balaban J connectivity index is 2.84. The van der Waals surface area contributed by atoms with E-state index in [1.807, 2.05) is 0 Å². The molecule has 8 heteroatoms. The standard InChI is InChI=1S/C11H15N3O3S2/c1-13-10(15)6-14-19(16,17)7-8-4-2-3-5-9(8)11(12)18/h2-5,14H,6-7H2,1H3,(H2,12,18)(H,13,15). The molecule has 104 valence electrons. The summed E-state index contributed by atoms with van der Waals surface area (Å²) in [4.78, 5) is 11.1. The van der Waals surface area contributed by atoms with Crippen LogP contribution in [-0.4, -0.2) is 32.9 Å². The van der Waals surface area contributed by atoms with E-state index in [0.29, 0.717) is 11.1 Å². The number of hydrogen-bond acceptors (Lipinski definition) is 4. The van der Waals surface area contributed by atoms with Crippen LogP contribution in [-0.2, 0) is 20.6 Å². The quantitative estimate of drug-likeness (QED) is 0.614. The van der Waals surface area contributed by atoms with E-state index in [9.17, 15) is 13.2 Å². The minimum atomic E-state index is -3.62. The Hall–Kier alpha value is -1.51. The summed E-state index contributed by atoms with van der Waals surface area (Å²) in [5, 5.41) is 2.32. The average Bonchev–Trinajstić information content (AvgIpc) is 2.36. The smallest absolute Gasteiger partial charge is 0.234 e. The maximum Gasteiger partial charge on any atom is 0.234 e. The molecule has 19 heavy (non-hydrogen) atoms. The first-order valence-corrected chi connectivity index (χ1v) is 7.47. The number of nitrogens with one attached hydrogen (secondary N) is 2. The number of thiocarbonyl (C=S) groups is 1. The van der Waals surface area contributed by atoms with Gasteiger partial charge >= 0.3 is 0 Å². The number of rotatable bonds is 6. The van der Waals surface area contributed by atoms with Gasteiger partial charge in [-0.2, -0.15) is 0 Å². The first-order chi connectivity index (χ1) is 8.85. The van der Waals surface area contributed by atoms with Crippen molar-refractivity contribution in [3.05, 3.63) is 35.4 Å². The zero-order valence-electron chi connectivity index (χ0n) is 10.3. The lowest BCUT2D eigenvalue weighted by atomic mass is 10.1. The van der Waals surface area contributed by atoms with Crippen molar-refractivity contribution in [2.24, 2.45) is 5.73 Å². The summed E-state index contributed by atoms with van der Waals surface area (Å²) >= 11 is 4.86. The summed E-state index contributed by atoms with van der Waals surface area (Å²) in [5.74, 6) is -0.691. The fraction of sp³-hybridized carbons (Fsp3) is 0.273. The van der Waals surface area contributed by atoms with Crippen LogP contribution in [0.3, 0.4) is 0 Å². The van der Waals surface area contributed by atoms with E-state index < -0.39 is 15.9 Å². The molecule has 1 rings (SSSR count). The fourth-order valence-corrected chi connectivity index (χ4v) is 2.72. The zero-order valence-corrected chi connectivity index (χ0v) is 12.0. The second kappa shape index (κ2) is 6.60. The largest absolute Gasteiger partial charge is 0.389 e. The predicted molar refractivity (Wildman–Crippen MR) is 77.0 cm³/mol. The van der Waals surface area contributed by atoms with E-state index in [0.717, 1.165) is 0 Å². The molecule has 0 heterocycles. The Kier molecular flexibility index (Phi) is 5.40. The number of hydrogen-bond donors (Lipinski definition) is 3. The number of amides is 1. The Morgan fingerprint density at radius 2 is 2.00 bits per heavy atom. The van der Waals surface area contributed by atoms with Gasteiger partial charge in [0.05, 0.1) is 12.3 Å². The number of carbonyl (C=O) groups excluding carboxylic acids is 1. The minimum Gasteiger partial charge on any atom is -0.389 e. The normalized spacial score (nSPS) is 11.0. The highest BCUT2D eigenvalue weighted by Gasteiger charge is 2.15. The summed E-state index contributed by atoms with van der Waals surface area (Å²) in [6.45, 7) is -0.298. The van der Waals surface area contributed by atoms with Crippen molar-refractivity contribution in [3.8, 4) is 0 Å². The molecule has 0 atom stereocenters. The third-order valence-electron chi connectivity index (χ3n) is 2.36. The van der Waals surface area contributed by atoms with Gasteiger partial charge in [-0.1, -0.05) is 36.5 Å². The van der Waals surface area contributed by atoms with E-state index in [1.165, 1.54) is 7.05 Å². The molecule has 0 saturated heterocycles. The van der Waals surface area contributed by atoms with Crippen LogP contribution in [0.25, 0.3) is 0 Å². The highest BCUT2D eigenvalue weighted by Crippen LogP contribution is 2.11.